The average Bonchev–Trinajstić information content (AvgIpc) is 2.75. The van der Waals surface area contributed by atoms with Gasteiger partial charge in [0.1, 0.15) is 12.4 Å². The fourth-order valence-corrected chi connectivity index (χ4v) is 2.50. The van der Waals surface area contributed by atoms with E-state index in [0.29, 0.717) is 11.1 Å². The van der Waals surface area contributed by atoms with Crippen molar-refractivity contribution in [2.24, 2.45) is 0 Å². The maximum atomic E-state index is 13.0. The number of hydrogen-bond donors (Lipinski definition) is 2. The minimum Gasteiger partial charge on any atom is -0.467 e. The monoisotopic (exact) mass is 401 g/mol. The summed E-state index contributed by atoms with van der Waals surface area (Å²) < 4.78 is 22.8. The maximum Gasteiger partial charge on any atom is 0.344 e. The number of carbonyl (C=O) groups is 3. The standard InChI is InChI=1S/C21H20FNO6/c1-28-20(26)21(27,12-11-15-7-9-17(22)10-8-15)18(23-14-24)19(25)29-13-16-5-3-2-4-6-16/h2-12,14,18,27H,13H2,1H3,(H,23,24)/b12-11+/t18-,21-/m0/s1. The van der Waals surface area contributed by atoms with Crippen molar-refractivity contribution >= 4 is 24.4 Å². The molecule has 2 aromatic carbocycles. The quantitative estimate of drug-likeness (QED) is 0.489. The second-order valence-corrected chi connectivity index (χ2v) is 6.01. The first-order valence-electron chi connectivity index (χ1n) is 8.56. The lowest BCUT2D eigenvalue weighted by Gasteiger charge is -2.29. The molecule has 0 unspecified atom stereocenters. The Balaban J connectivity index is 2.28. The molecule has 0 aliphatic rings. The summed E-state index contributed by atoms with van der Waals surface area (Å²) in [5, 5.41) is 13.0. The molecule has 29 heavy (non-hydrogen) atoms. The van der Waals surface area contributed by atoms with Crippen LogP contribution in [0.2, 0.25) is 0 Å². The summed E-state index contributed by atoms with van der Waals surface area (Å²) in [7, 11) is 1.02. The summed E-state index contributed by atoms with van der Waals surface area (Å²) in [5.41, 5.74) is -1.44. The topological polar surface area (TPSA) is 102 Å². The second kappa shape index (κ2) is 10.1. The van der Waals surface area contributed by atoms with E-state index in [1.165, 1.54) is 30.3 Å². The van der Waals surface area contributed by atoms with Gasteiger partial charge in [0.25, 0.3) is 0 Å². The van der Waals surface area contributed by atoms with Gasteiger partial charge in [-0.05, 0) is 29.3 Å². The number of halogens is 1. The molecule has 0 spiro atoms. The predicted octanol–water partition coefficient (Wildman–Crippen LogP) is 1.60. The molecule has 2 rings (SSSR count). The van der Waals surface area contributed by atoms with Crippen LogP contribution in [0.5, 0.6) is 0 Å². The van der Waals surface area contributed by atoms with Crippen LogP contribution in [0.25, 0.3) is 6.08 Å². The Kier molecular flexibility index (Phi) is 7.62. The number of ether oxygens (including phenoxy) is 2. The zero-order valence-corrected chi connectivity index (χ0v) is 15.6. The van der Waals surface area contributed by atoms with Gasteiger partial charge in [0.2, 0.25) is 12.0 Å². The van der Waals surface area contributed by atoms with Gasteiger partial charge in [-0.15, -0.1) is 0 Å². The third-order valence-electron chi connectivity index (χ3n) is 4.05. The van der Waals surface area contributed by atoms with Gasteiger partial charge in [0.15, 0.2) is 6.04 Å². The second-order valence-electron chi connectivity index (χ2n) is 6.01. The zero-order valence-electron chi connectivity index (χ0n) is 15.6. The number of nitrogens with one attached hydrogen (secondary N) is 1. The first kappa shape index (κ1) is 21.8. The number of hydrogen-bond acceptors (Lipinski definition) is 6. The van der Waals surface area contributed by atoms with Crippen molar-refractivity contribution in [1.29, 1.82) is 0 Å². The van der Waals surface area contributed by atoms with Crippen LogP contribution in [-0.4, -0.2) is 42.2 Å². The molecule has 2 N–H and O–H groups in total. The van der Waals surface area contributed by atoms with Crippen LogP contribution in [-0.2, 0) is 30.5 Å². The molecule has 0 fully saturated rings. The van der Waals surface area contributed by atoms with E-state index >= 15 is 0 Å². The minimum atomic E-state index is -2.56. The Labute approximate surface area is 166 Å². The van der Waals surface area contributed by atoms with E-state index in [2.05, 4.69) is 10.1 Å². The number of carbonyl (C=O) groups excluding carboxylic acids is 3. The van der Waals surface area contributed by atoms with Crippen LogP contribution in [0, 0.1) is 5.82 Å². The van der Waals surface area contributed by atoms with Gasteiger partial charge >= 0.3 is 11.9 Å². The molecule has 1 amide bonds. The lowest BCUT2D eigenvalue weighted by atomic mass is 9.92. The van der Waals surface area contributed by atoms with Crippen LogP contribution < -0.4 is 5.32 Å². The van der Waals surface area contributed by atoms with Crippen molar-refractivity contribution in [3.63, 3.8) is 0 Å². The van der Waals surface area contributed by atoms with E-state index in [1.807, 2.05) is 0 Å². The van der Waals surface area contributed by atoms with Crippen LogP contribution in [0.4, 0.5) is 4.39 Å². The van der Waals surface area contributed by atoms with Gasteiger partial charge in [0, 0.05) is 0 Å². The molecule has 0 aliphatic heterocycles. The van der Waals surface area contributed by atoms with Gasteiger partial charge in [0.05, 0.1) is 7.11 Å². The van der Waals surface area contributed by atoms with E-state index in [4.69, 9.17) is 4.74 Å². The molecule has 152 valence electrons. The lowest BCUT2D eigenvalue weighted by molar-refractivity contribution is -0.169. The molecule has 7 nitrogen and oxygen atoms in total. The summed E-state index contributed by atoms with van der Waals surface area (Å²) in [4.78, 5) is 35.8. The third kappa shape index (κ3) is 5.73. The fraction of sp³-hybridized carbons (Fsp3) is 0.190. The Morgan fingerprint density at radius 1 is 1.17 bits per heavy atom. The largest absolute Gasteiger partial charge is 0.467 e. The van der Waals surface area contributed by atoms with E-state index in [0.717, 1.165) is 13.2 Å². The SMILES string of the molecule is COC(=O)[C@](O)(/C=C/c1ccc(F)cc1)[C@@H](NC=O)C(=O)OCc1ccccc1. The molecule has 2 aromatic rings. The van der Waals surface area contributed by atoms with Gasteiger partial charge in [-0.25, -0.2) is 14.0 Å². The number of benzene rings is 2. The first-order valence-corrected chi connectivity index (χ1v) is 8.56. The minimum absolute atomic E-state index is 0.129. The average molecular weight is 401 g/mol. The molecular formula is C21H20FNO6. The molecule has 0 saturated carbocycles. The van der Waals surface area contributed by atoms with Crippen LogP contribution in [0.3, 0.4) is 0 Å². The number of methoxy groups -OCH3 is 1. The molecule has 0 aromatic heterocycles. The van der Waals surface area contributed by atoms with Crippen molar-refractivity contribution in [2.45, 2.75) is 18.2 Å². The van der Waals surface area contributed by atoms with Crippen LogP contribution in [0.1, 0.15) is 11.1 Å². The highest BCUT2D eigenvalue weighted by atomic mass is 19.1. The summed E-state index contributed by atoms with van der Waals surface area (Å²) >= 11 is 0. The fourth-order valence-electron chi connectivity index (χ4n) is 2.50. The summed E-state index contributed by atoms with van der Waals surface area (Å²) in [6, 6.07) is 12.1. The highest BCUT2D eigenvalue weighted by molar-refractivity contribution is 5.93. The third-order valence-corrected chi connectivity index (χ3v) is 4.05. The number of amides is 1. The zero-order chi connectivity index (χ0) is 21.3. The van der Waals surface area contributed by atoms with Crippen molar-refractivity contribution < 1.29 is 33.4 Å². The number of aliphatic hydroxyl groups is 1. The Morgan fingerprint density at radius 2 is 1.83 bits per heavy atom. The maximum absolute atomic E-state index is 13.0. The molecule has 2 atom stereocenters. The summed E-state index contributed by atoms with van der Waals surface area (Å²) in [6.45, 7) is -0.129. The molecular weight excluding hydrogens is 381 g/mol. The number of rotatable bonds is 9. The van der Waals surface area contributed by atoms with Crippen molar-refractivity contribution in [2.75, 3.05) is 7.11 Å². The predicted molar refractivity (Wildman–Crippen MR) is 102 cm³/mol. The van der Waals surface area contributed by atoms with E-state index in [-0.39, 0.29) is 13.0 Å². The normalized spacial score (nSPS) is 13.9. The van der Waals surface area contributed by atoms with E-state index in [1.54, 1.807) is 30.3 Å². The Bertz CT molecular complexity index is 868. The summed E-state index contributed by atoms with van der Waals surface area (Å²) in [5.74, 6) is -2.69. The van der Waals surface area contributed by atoms with Crippen LogP contribution >= 0.6 is 0 Å². The molecule has 0 saturated heterocycles. The van der Waals surface area contributed by atoms with Crippen molar-refractivity contribution in [3.05, 3.63) is 77.6 Å². The van der Waals surface area contributed by atoms with Crippen molar-refractivity contribution in [3.8, 4) is 0 Å². The molecule has 0 radical (unpaired) electrons. The lowest BCUT2D eigenvalue weighted by Crippen LogP contribution is -2.59. The van der Waals surface area contributed by atoms with Crippen molar-refractivity contribution in [1.82, 2.24) is 5.32 Å². The Hall–Kier alpha value is -3.52. The smallest absolute Gasteiger partial charge is 0.344 e. The molecule has 0 heterocycles. The summed E-state index contributed by atoms with van der Waals surface area (Å²) in [6.07, 6.45) is 2.44. The molecule has 0 aliphatic carbocycles. The van der Waals surface area contributed by atoms with E-state index < -0.39 is 29.4 Å². The highest BCUT2D eigenvalue weighted by Crippen LogP contribution is 2.19. The van der Waals surface area contributed by atoms with E-state index in [9.17, 15) is 23.9 Å². The van der Waals surface area contributed by atoms with Crippen LogP contribution in [0.15, 0.2) is 60.7 Å². The number of esters is 2. The first-order chi connectivity index (χ1) is 13.9. The van der Waals surface area contributed by atoms with Gasteiger partial charge < -0.3 is 19.9 Å². The molecule has 8 heteroatoms. The Morgan fingerprint density at radius 3 is 2.41 bits per heavy atom. The molecule has 0 bridgehead atoms. The van der Waals surface area contributed by atoms with Gasteiger partial charge in [-0.2, -0.15) is 0 Å². The highest BCUT2D eigenvalue weighted by Gasteiger charge is 2.48. The van der Waals surface area contributed by atoms with Gasteiger partial charge in [-0.1, -0.05) is 48.5 Å². The van der Waals surface area contributed by atoms with Gasteiger partial charge in [-0.3, -0.25) is 4.79 Å².